The summed E-state index contributed by atoms with van der Waals surface area (Å²) in [6.07, 6.45) is 6.86. The maximum Gasteiger partial charge on any atom is 0.305 e. The second-order valence-corrected chi connectivity index (χ2v) is 11.1. The van der Waals surface area contributed by atoms with Crippen molar-refractivity contribution in [2.24, 2.45) is 5.92 Å². The van der Waals surface area contributed by atoms with Gasteiger partial charge in [-0.2, -0.15) is 0 Å². The first-order valence-electron chi connectivity index (χ1n) is 10.3. The molecule has 2 atom stereocenters. The minimum atomic E-state index is -3.09. The molecule has 0 radical (unpaired) electrons. The molecule has 158 valence electrons. The molecule has 2 N–H and O–H groups in total. The van der Waals surface area contributed by atoms with Crippen molar-refractivity contribution in [2.45, 2.75) is 71.3 Å². The molecular formula is C22H35O5P. The van der Waals surface area contributed by atoms with Crippen LogP contribution in [0.5, 0.6) is 0 Å². The largest absolute Gasteiger partial charge is 0.481 e. The molecule has 1 aliphatic rings. The maximum absolute atomic E-state index is 13.1. The maximum atomic E-state index is 13.1. The summed E-state index contributed by atoms with van der Waals surface area (Å²) in [5, 5.41) is 18.7. The third-order valence-corrected chi connectivity index (χ3v) is 8.43. The molecule has 1 aliphatic carbocycles. The van der Waals surface area contributed by atoms with Crippen molar-refractivity contribution in [1.82, 2.24) is 0 Å². The van der Waals surface area contributed by atoms with E-state index < -0.39 is 25.9 Å². The van der Waals surface area contributed by atoms with Crippen molar-refractivity contribution >= 4 is 13.3 Å². The lowest BCUT2D eigenvalue weighted by Gasteiger charge is -2.25. The van der Waals surface area contributed by atoms with Crippen LogP contribution in [0.2, 0.25) is 0 Å². The number of aliphatic hydroxyl groups excluding tert-OH is 1. The molecule has 28 heavy (non-hydrogen) atoms. The monoisotopic (exact) mass is 410 g/mol. The van der Waals surface area contributed by atoms with Crippen LogP contribution >= 0.6 is 7.37 Å². The molecule has 1 saturated carbocycles. The summed E-state index contributed by atoms with van der Waals surface area (Å²) in [5.41, 5.74) is 5.04. The Balaban J connectivity index is 2.12. The molecule has 6 heteroatoms. The Morgan fingerprint density at radius 3 is 2.54 bits per heavy atom. The zero-order valence-electron chi connectivity index (χ0n) is 17.4. The van der Waals surface area contributed by atoms with E-state index in [1.807, 2.05) is 0 Å². The highest BCUT2D eigenvalue weighted by Crippen LogP contribution is 2.47. The number of benzene rings is 1. The van der Waals surface area contributed by atoms with Gasteiger partial charge in [0.05, 0.1) is 18.7 Å². The molecule has 0 saturated heterocycles. The van der Waals surface area contributed by atoms with Gasteiger partial charge in [-0.05, 0) is 49.3 Å². The quantitative estimate of drug-likeness (QED) is 0.545. The lowest BCUT2D eigenvalue weighted by Crippen LogP contribution is -2.19. The summed E-state index contributed by atoms with van der Waals surface area (Å²) >= 11 is 0. The number of carboxylic acid groups (broad SMARTS) is 1. The fourth-order valence-corrected chi connectivity index (χ4v) is 6.30. The van der Waals surface area contributed by atoms with Gasteiger partial charge in [-0.25, -0.2) is 0 Å². The minimum absolute atomic E-state index is 0.112. The summed E-state index contributed by atoms with van der Waals surface area (Å²) in [6, 6.07) is 4.42. The number of carbonyl (C=O) groups is 1. The Kier molecular flexibility index (Phi) is 8.73. The van der Waals surface area contributed by atoms with Gasteiger partial charge in [0.15, 0.2) is 0 Å². The van der Waals surface area contributed by atoms with Crippen molar-refractivity contribution < 1.29 is 24.1 Å². The molecule has 0 aliphatic heterocycles. The molecule has 1 aromatic carbocycles. The second kappa shape index (κ2) is 10.6. The topological polar surface area (TPSA) is 83.8 Å². The van der Waals surface area contributed by atoms with E-state index in [-0.39, 0.29) is 6.16 Å². The van der Waals surface area contributed by atoms with Crippen LogP contribution in [-0.4, -0.2) is 41.7 Å². The normalized spacial score (nSPS) is 18.6. The van der Waals surface area contributed by atoms with Crippen LogP contribution < -0.4 is 0 Å². The zero-order chi connectivity index (χ0) is 20.7. The highest BCUT2D eigenvalue weighted by molar-refractivity contribution is 7.59. The van der Waals surface area contributed by atoms with Crippen LogP contribution in [0.25, 0.3) is 0 Å². The number of aryl methyl sites for hydroxylation is 2. The van der Waals surface area contributed by atoms with Crippen LogP contribution in [0.1, 0.15) is 60.8 Å². The molecule has 2 rings (SSSR count). The molecule has 0 bridgehead atoms. The van der Waals surface area contributed by atoms with Crippen LogP contribution in [0.4, 0.5) is 0 Å². The van der Waals surface area contributed by atoms with Gasteiger partial charge < -0.3 is 14.7 Å². The standard InChI is InChI=1S/C22H35O5P/c1-16-11-17(2)21(19(12-16)13-18-7-5-4-6-8-18)9-10-28(26,27-3)15-20(23)14-22(24)25/h11-12,18,20,23H,4-10,13-15H2,1-3H3,(H,24,25)/t20-,28?/m0/s1. The fraction of sp³-hybridized carbons (Fsp3) is 0.682. The third-order valence-electron chi connectivity index (χ3n) is 5.88. The van der Waals surface area contributed by atoms with E-state index >= 15 is 0 Å². The third kappa shape index (κ3) is 7.02. The van der Waals surface area contributed by atoms with Gasteiger partial charge in [0, 0.05) is 13.3 Å². The first kappa shape index (κ1) is 23.1. The molecular weight excluding hydrogens is 375 g/mol. The lowest BCUT2D eigenvalue weighted by atomic mass is 9.82. The Hall–Kier alpha value is -1.16. The molecule has 5 nitrogen and oxygen atoms in total. The summed E-state index contributed by atoms with van der Waals surface area (Å²) < 4.78 is 18.3. The van der Waals surface area contributed by atoms with Gasteiger partial charge in [-0.15, -0.1) is 0 Å². The van der Waals surface area contributed by atoms with E-state index in [1.54, 1.807) is 0 Å². The van der Waals surface area contributed by atoms with Crippen molar-refractivity contribution in [3.05, 3.63) is 34.4 Å². The number of hydrogen-bond acceptors (Lipinski definition) is 4. The van der Waals surface area contributed by atoms with Crippen molar-refractivity contribution in [3.8, 4) is 0 Å². The van der Waals surface area contributed by atoms with Crippen molar-refractivity contribution in [2.75, 3.05) is 19.4 Å². The van der Waals surface area contributed by atoms with Gasteiger partial charge in [-0.1, -0.05) is 49.8 Å². The van der Waals surface area contributed by atoms with Gasteiger partial charge in [0.25, 0.3) is 0 Å². The fourth-order valence-electron chi connectivity index (χ4n) is 4.45. The number of aliphatic hydroxyl groups is 1. The predicted molar refractivity (Wildman–Crippen MR) is 113 cm³/mol. The van der Waals surface area contributed by atoms with E-state index in [4.69, 9.17) is 9.63 Å². The van der Waals surface area contributed by atoms with Crippen LogP contribution in [0.15, 0.2) is 12.1 Å². The first-order chi connectivity index (χ1) is 13.2. The Bertz CT molecular complexity index is 709. The van der Waals surface area contributed by atoms with E-state index in [0.717, 1.165) is 12.3 Å². The average Bonchev–Trinajstić information content (AvgIpc) is 2.61. The Labute approximate surface area is 169 Å². The summed E-state index contributed by atoms with van der Waals surface area (Å²) in [4.78, 5) is 10.8. The van der Waals surface area contributed by atoms with Crippen LogP contribution in [0, 0.1) is 19.8 Å². The summed E-state index contributed by atoms with van der Waals surface area (Å²) in [5.74, 6) is -0.375. The number of rotatable bonds is 10. The highest BCUT2D eigenvalue weighted by Gasteiger charge is 2.27. The summed E-state index contributed by atoms with van der Waals surface area (Å²) in [7, 11) is -1.70. The number of aliphatic carboxylic acids is 1. The zero-order valence-corrected chi connectivity index (χ0v) is 18.3. The van der Waals surface area contributed by atoms with Gasteiger partial charge >= 0.3 is 5.97 Å². The van der Waals surface area contributed by atoms with E-state index in [2.05, 4.69) is 26.0 Å². The van der Waals surface area contributed by atoms with Gasteiger partial charge in [-0.3, -0.25) is 9.36 Å². The average molecular weight is 410 g/mol. The molecule has 0 aromatic heterocycles. The van der Waals surface area contributed by atoms with Gasteiger partial charge in [0.2, 0.25) is 7.37 Å². The molecule has 1 fully saturated rings. The molecule has 0 amide bonds. The molecule has 1 unspecified atom stereocenters. The van der Waals surface area contributed by atoms with Crippen molar-refractivity contribution in [3.63, 3.8) is 0 Å². The lowest BCUT2D eigenvalue weighted by molar-refractivity contribution is -0.138. The number of carboxylic acids is 1. The van der Waals surface area contributed by atoms with Crippen LogP contribution in [-0.2, 0) is 26.7 Å². The molecule has 0 heterocycles. The summed E-state index contributed by atoms with van der Waals surface area (Å²) in [6.45, 7) is 4.22. The van der Waals surface area contributed by atoms with Gasteiger partial charge in [0.1, 0.15) is 0 Å². The van der Waals surface area contributed by atoms with E-state index in [0.29, 0.717) is 12.6 Å². The Morgan fingerprint density at radius 1 is 1.25 bits per heavy atom. The van der Waals surface area contributed by atoms with E-state index in [1.165, 1.54) is 61.5 Å². The predicted octanol–water partition coefficient (Wildman–Crippen LogP) is 4.73. The van der Waals surface area contributed by atoms with E-state index in [9.17, 15) is 14.5 Å². The Morgan fingerprint density at radius 2 is 1.93 bits per heavy atom. The molecule has 0 spiro atoms. The smallest absolute Gasteiger partial charge is 0.305 e. The minimum Gasteiger partial charge on any atom is -0.481 e. The first-order valence-corrected chi connectivity index (χ1v) is 12.3. The van der Waals surface area contributed by atoms with Crippen molar-refractivity contribution in [1.29, 1.82) is 0 Å². The number of hydrogen-bond donors (Lipinski definition) is 2. The second-order valence-electron chi connectivity index (χ2n) is 8.33. The SMILES string of the molecule is COP(=O)(CCc1c(C)cc(C)cc1CC1CCCCC1)C[C@@H](O)CC(=O)O. The highest BCUT2D eigenvalue weighted by atomic mass is 31.2. The van der Waals surface area contributed by atoms with Crippen LogP contribution in [0.3, 0.4) is 0 Å². The molecule has 1 aromatic rings.